The van der Waals surface area contributed by atoms with E-state index in [0.717, 1.165) is 53.9 Å². The number of hydrogen-bond acceptors (Lipinski definition) is 9. The molecule has 1 fully saturated rings. The zero-order valence-corrected chi connectivity index (χ0v) is 22.3. The van der Waals surface area contributed by atoms with Gasteiger partial charge in [0.05, 0.1) is 39.6 Å². The highest BCUT2D eigenvalue weighted by atomic mass is 32.2. The Hall–Kier alpha value is -3.96. The third-order valence-corrected chi connectivity index (χ3v) is 7.82. The van der Waals surface area contributed by atoms with Crippen molar-refractivity contribution in [3.63, 3.8) is 0 Å². The lowest BCUT2D eigenvalue weighted by Gasteiger charge is -2.25. The van der Waals surface area contributed by atoms with Gasteiger partial charge in [0, 0.05) is 49.9 Å². The molecule has 0 saturated carbocycles. The molecule has 11 heteroatoms. The van der Waals surface area contributed by atoms with Crippen LogP contribution in [0.25, 0.3) is 22.3 Å². The van der Waals surface area contributed by atoms with Crippen molar-refractivity contribution in [3.05, 3.63) is 72.3 Å². The predicted octanol–water partition coefficient (Wildman–Crippen LogP) is 2.56. The Labute approximate surface area is 221 Å². The van der Waals surface area contributed by atoms with Gasteiger partial charge in [0.15, 0.2) is 9.84 Å². The van der Waals surface area contributed by atoms with E-state index in [1.807, 2.05) is 36.4 Å². The van der Waals surface area contributed by atoms with Crippen LogP contribution in [0.3, 0.4) is 0 Å². The summed E-state index contributed by atoms with van der Waals surface area (Å²) in [5, 5.41) is 3.64. The molecule has 1 saturated heterocycles. The number of nitrogens with one attached hydrogen (secondary N) is 1. The maximum Gasteiger partial charge on any atom is 0.253 e. The van der Waals surface area contributed by atoms with E-state index in [-0.39, 0.29) is 17.0 Å². The summed E-state index contributed by atoms with van der Waals surface area (Å²) >= 11 is 0. The van der Waals surface area contributed by atoms with E-state index in [4.69, 9.17) is 9.97 Å². The van der Waals surface area contributed by atoms with Gasteiger partial charge >= 0.3 is 0 Å². The number of pyridine rings is 4. The molecule has 0 aromatic carbocycles. The van der Waals surface area contributed by atoms with Crippen LogP contribution in [0.2, 0.25) is 0 Å². The molecule has 0 aliphatic carbocycles. The summed E-state index contributed by atoms with van der Waals surface area (Å²) in [6.45, 7) is 2.25. The van der Waals surface area contributed by atoms with Gasteiger partial charge in [-0.15, -0.1) is 0 Å². The third kappa shape index (κ3) is 5.63. The van der Waals surface area contributed by atoms with Gasteiger partial charge in [0.1, 0.15) is 5.82 Å². The average Bonchev–Trinajstić information content (AvgIpc) is 3.36. The van der Waals surface area contributed by atoms with E-state index in [0.29, 0.717) is 11.7 Å². The molecule has 1 aliphatic rings. The SMILES string of the molecule is CN1CCC(N(C)c2cccc(-c3ccc4cnc(CNC(=O)c5cncc(S(C)(=O)=O)c5)cc4n3)n2)C1. The fourth-order valence-corrected chi connectivity index (χ4v) is 5.09. The van der Waals surface area contributed by atoms with Crippen LogP contribution in [-0.4, -0.2) is 78.6 Å². The van der Waals surface area contributed by atoms with Crippen molar-refractivity contribution in [1.82, 2.24) is 30.2 Å². The molecule has 38 heavy (non-hydrogen) atoms. The number of fused-ring (bicyclic) bond motifs is 1. The molecule has 0 bridgehead atoms. The molecule has 1 amide bonds. The van der Waals surface area contributed by atoms with Crippen LogP contribution in [0.5, 0.6) is 0 Å². The lowest BCUT2D eigenvalue weighted by Crippen LogP contribution is -2.34. The second-order valence-electron chi connectivity index (χ2n) is 9.63. The van der Waals surface area contributed by atoms with Gasteiger partial charge in [-0.2, -0.15) is 0 Å². The van der Waals surface area contributed by atoms with Crippen molar-refractivity contribution in [2.45, 2.75) is 23.9 Å². The first-order chi connectivity index (χ1) is 18.2. The number of likely N-dealkylation sites (tertiary alicyclic amines) is 1. The quantitative estimate of drug-likeness (QED) is 0.383. The van der Waals surface area contributed by atoms with E-state index in [1.165, 1.54) is 18.5 Å². The lowest BCUT2D eigenvalue weighted by atomic mass is 10.1. The number of anilines is 1. The number of aromatic nitrogens is 4. The van der Waals surface area contributed by atoms with Crippen LogP contribution in [0, 0.1) is 0 Å². The molecule has 0 radical (unpaired) electrons. The fraction of sp³-hybridized carbons (Fsp3) is 0.296. The van der Waals surface area contributed by atoms with Crippen LogP contribution >= 0.6 is 0 Å². The summed E-state index contributed by atoms with van der Waals surface area (Å²) in [5.41, 5.74) is 3.05. The number of hydrogen-bond donors (Lipinski definition) is 1. The minimum atomic E-state index is -3.46. The highest BCUT2D eigenvalue weighted by Gasteiger charge is 2.24. The number of carbonyl (C=O) groups excluding carboxylic acids is 1. The first kappa shape index (κ1) is 25.7. The molecule has 4 aromatic rings. The number of likely N-dealkylation sites (N-methyl/N-ethyl adjacent to an activating group) is 2. The van der Waals surface area contributed by atoms with Crippen LogP contribution < -0.4 is 10.2 Å². The summed E-state index contributed by atoms with van der Waals surface area (Å²) in [5.74, 6) is 0.474. The molecule has 1 N–H and O–H groups in total. The van der Waals surface area contributed by atoms with Crippen LogP contribution in [0.1, 0.15) is 22.5 Å². The molecule has 5 heterocycles. The molecular weight excluding hydrogens is 502 g/mol. The molecule has 1 aliphatic heterocycles. The highest BCUT2D eigenvalue weighted by Crippen LogP contribution is 2.24. The maximum absolute atomic E-state index is 12.6. The zero-order chi connectivity index (χ0) is 26.9. The highest BCUT2D eigenvalue weighted by molar-refractivity contribution is 7.90. The number of rotatable bonds is 7. The average molecular weight is 532 g/mol. The summed E-state index contributed by atoms with van der Waals surface area (Å²) in [7, 11) is 0.760. The first-order valence-corrected chi connectivity index (χ1v) is 14.1. The fourth-order valence-electron chi connectivity index (χ4n) is 4.49. The van der Waals surface area contributed by atoms with Crippen molar-refractivity contribution < 1.29 is 13.2 Å². The summed E-state index contributed by atoms with van der Waals surface area (Å²) in [6, 6.07) is 13.4. The summed E-state index contributed by atoms with van der Waals surface area (Å²) < 4.78 is 23.5. The van der Waals surface area contributed by atoms with Gasteiger partial charge < -0.3 is 15.1 Å². The second kappa shape index (κ2) is 10.4. The van der Waals surface area contributed by atoms with Gasteiger partial charge in [-0.1, -0.05) is 6.07 Å². The number of sulfone groups is 1. The van der Waals surface area contributed by atoms with Crippen molar-refractivity contribution >= 4 is 32.5 Å². The molecule has 0 spiro atoms. The van der Waals surface area contributed by atoms with Gasteiger partial charge in [-0.05, 0) is 56.4 Å². The van der Waals surface area contributed by atoms with Gasteiger partial charge in [-0.25, -0.2) is 18.4 Å². The van der Waals surface area contributed by atoms with Crippen LogP contribution in [-0.2, 0) is 16.4 Å². The van der Waals surface area contributed by atoms with Crippen molar-refractivity contribution in [3.8, 4) is 11.4 Å². The molecule has 10 nitrogen and oxygen atoms in total. The van der Waals surface area contributed by atoms with Gasteiger partial charge in [-0.3, -0.25) is 14.8 Å². The van der Waals surface area contributed by atoms with Crippen LogP contribution in [0.15, 0.2) is 66.0 Å². The Balaban J connectivity index is 1.33. The van der Waals surface area contributed by atoms with E-state index < -0.39 is 15.7 Å². The van der Waals surface area contributed by atoms with E-state index in [1.54, 1.807) is 6.20 Å². The minimum Gasteiger partial charge on any atom is -0.355 e. The monoisotopic (exact) mass is 531 g/mol. The molecular formula is C27H29N7O3S. The Kier molecular flexibility index (Phi) is 7.04. The third-order valence-electron chi connectivity index (χ3n) is 6.74. The van der Waals surface area contributed by atoms with E-state index in [9.17, 15) is 13.2 Å². The molecule has 4 aromatic heterocycles. The smallest absolute Gasteiger partial charge is 0.253 e. The summed E-state index contributed by atoms with van der Waals surface area (Å²) in [6.07, 6.45) is 6.45. The second-order valence-corrected chi connectivity index (χ2v) is 11.6. The van der Waals surface area contributed by atoms with Crippen molar-refractivity contribution in [1.29, 1.82) is 0 Å². The molecule has 5 rings (SSSR count). The Morgan fingerprint density at radius 2 is 1.92 bits per heavy atom. The number of amides is 1. The van der Waals surface area contributed by atoms with Crippen molar-refractivity contribution in [2.75, 3.05) is 38.3 Å². The molecule has 1 atom stereocenters. The van der Waals surface area contributed by atoms with Gasteiger partial charge in [0.2, 0.25) is 0 Å². The molecule has 196 valence electrons. The Morgan fingerprint density at radius 1 is 1.11 bits per heavy atom. The maximum atomic E-state index is 12.6. The predicted molar refractivity (Wildman–Crippen MR) is 146 cm³/mol. The van der Waals surface area contributed by atoms with Gasteiger partial charge in [0.25, 0.3) is 5.91 Å². The van der Waals surface area contributed by atoms with E-state index in [2.05, 4.69) is 39.2 Å². The van der Waals surface area contributed by atoms with Crippen molar-refractivity contribution in [2.24, 2.45) is 0 Å². The number of nitrogens with zero attached hydrogens (tertiary/aromatic N) is 6. The topological polar surface area (TPSA) is 121 Å². The normalized spacial score (nSPS) is 16.0. The Bertz CT molecular complexity index is 1610. The summed E-state index contributed by atoms with van der Waals surface area (Å²) in [4.78, 5) is 35.2. The van der Waals surface area contributed by atoms with E-state index >= 15 is 0 Å². The zero-order valence-electron chi connectivity index (χ0n) is 21.5. The van der Waals surface area contributed by atoms with Crippen LogP contribution in [0.4, 0.5) is 5.82 Å². The molecule has 1 unspecified atom stereocenters. The number of carbonyl (C=O) groups is 1. The Morgan fingerprint density at radius 3 is 2.68 bits per heavy atom. The first-order valence-electron chi connectivity index (χ1n) is 12.3. The largest absolute Gasteiger partial charge is 0.355 e. The minimum absolute atomic E-state index is 0.00911. The standard InChI is InChI=1S/C27H29N7O3S/c1-33-10-9-21(17-33)34(2)26-6-4-5-23(32-26)24-8-7-18-14-29-20(12-25(18)31-24)15-30-27(35)19-11-22(16-28-13-19)38(3,36)37/h4-8,11-14,16,21H,9-10,15,17H2,1-3H3,(H,30,35). The lowest BCUT2D eigenvalue weighted by molar-refractivity contribution is 0.0950.